The van der Waals surface area contributed by atoms with Gasteiger partial charge in [-0.05, 0) is 36.6 Å². The summed E-state index contributed by atoms with van der Waals surface area (Å²) in [4.78, 5) is 21.5. The van der Waals surface area contributed by atoms with Crippen LogP contribution < -0.4 is 4.74 Å². The summed E-state index contributed by atoms with van der Waals surface area (Å²) in [5, 5.41) is 11.2. The zero-order valence-electron chi connectivity index (χ0n) is 11.8. The van der Waals surface area contributed by atoms with Crippen molar-refractivity contribution in [3.8, 4) is 11.5 Å². The number of hydrogen-bond donors (Lipinski definition) is 0. The molecule has 0 amide bonds. The van der Waals surface area contributed by atoms with Crippen LogP contribution in [0.25, 0.3) is 0 Å². The summed E-state index contributed by atoms with van der Waals surface area (Å²) in [6, 6.07) is 9.87. The molecule has 0 bridgehead atoms. The number of hydrogen-bond acceptors (Lipinski definition) is 4. The van der Waals surface area contributed by atoms with Crippen LogP contribution >= 0.6 is 0 Å². The fourth-order valence-electron chi connectivity index (χ4n) is 1.93. The smallest absolute Gasteiger partial charge is 0.311 e. The molecule has 0 saturated carbocycles. The van der Waals surface area contributed by atoms with Gasteiger partial charge in [0.05, 0.1) is 4.92 Å². The lowest BCUT2D eigenvalue weighted by molar-refractivity contribution is -0.385. The van der Waals surface area contributed by atoms with Crippen molar-refractivity contribution >= 4 is 12.0 Å². The van der Waals surface area contributed by atoms with Gasteiger partial charge in [0, 0.05) is 11.6 Å². The lowest BCUT2D eigenvalue weighted by atomic mass is 10.1. The summed E-state index contributed by atoms with van der Waals surface area (Å²) in [5.74, 6) is 0.607. The number of nitro benzene ring substituents is 1. The van der Waals surface area contributed by atoms with E-state index >= 15 is 0 Å². The van der Waals surface area contributed by atoms with E-state index in [9.17, 15) is 14.9 Å². The normalized spacial score (nSPS) is 10.2. The predicted molar refractivity (Wildman–Crippen MR) is 79.1 cm³/mol. The molecule has 0 atom stereocenters. The van der Waals surface area contributed by atoms with Crippen molar-refractivity contribution in [1.29, 1.82) is 0 Å². The lowest BCUT2D eigenvalue weighted by Gasteiger charge is -2.10. The summed E-state index contributed by atoms with van der Waals surface area (Å²) < 4.78 is 5.64. The van der Waals surface area contributed by atoms with Crippen LogP contribution in [0.2, 0.25) is 0 Å². The van der Waals surface area contributed by atoms with Crippen LogP contribution in [0.3, 0.4) is 0 Å². The van der Waals surface area contributed by atoms with Crippen LogP contribution in [-0.4, -0.2) is 11.2 Å². The van der Waals surface area contributed by atoms with Crippen molar-refractivity contribution in [3.05, 3.63) is 63.2 Å². The van der Waals surface area contributed by atoms with Crippen LogP contribution in [0.1, 0.15) is 28.4 Å². The fourth-order valence-corrected chi connectivity index (χ4v) is 1.93. The van der Waals surface area contributed by atoms with E-state index in [0.717, 1.165) is 11.1 Å². The highest BCUT2D eigenvalue weighted by Gasteiger charge is 2.17. The van der Waals surface area contributed by atoms with E-state index in [0.29, 0.717) is 24.0 Å². The average Bonchev–Trinajstić information content (AvgIpc) is 2.49. The van der Waals surface area contributed by atoms with E-state index in [2.05, 4.69) is 0 Å². The minimum Gasteiger partial charge on any atom is -0.450 e. The van der Waals surface area contributed by atoms with Crippen molar-refractivity contribution in [2.75, 3.05) is 0 Å². The third kappa shape index (κ3) is 3.25. The highest BCUT2D eigenvalue weighted by molar-refractivity contribution is 5.76. The number of carbonyl (C=O) groups is 1. The Labute approximate surface area is 122 Å². The Morgan fingerprint density at radius 2 is 1.95 bits per heavy atom. The summed E-state index contributed by atoms with van der Waals surface area (Å²) >= 11 is 0. The highest BCUT2D eigenvalue weighted by Crippen LogP contribution is 2.34. The first-order chi connectivity index (χ1) is 10.0. The maximum absolute atomic E-state index is 11.2. The summed E-state index contributed by atoms with van der Waals surface area (Å²) in [5.41, 5.74) is 2.05. The molecule has 2 aromatic carbocycles. The SMILES string of the molecule is CCc1ccc(Oc2cc(C=O)ccc2C)c([N+](=O)[O-])c1. The first kappa shape index (κ1) is 14.7. The van der Waals surface area contributed by atoms with Gasteiger partial charge in [0.1, 0.15) is 12.0 Å². The molecule has 108 valence electrons. The Balaban J connectivity index is 2.43. The molecule has 0 unspecified atom stereocenters. The monoisotopic (exact) mass is 285 g/mol. The van der Waals surface area contributed by atoms with Crippen LogP contribution in [0.4, 0.5) is 5.69 Å². The number of aryl methyl sites for hydroxylation is 2. The van der Waals surface area contributed by atoms with E-state index in [1.165, 1.54) is 6.07 Å². The number of rotatable bonds is 5. The van der Waals surface area contributed by atoms with Gasteiger partial charge < -0.3 is 4.74 Å². The van der Waals surface area contributed by atoms with Crippen molar-refractivity contribution in [2.45, 2.75) is 20.3 Å². The Bertz CT molecular complexity index is 695. The van der Waals surface area contributed by atoms with E-state index < -0.39 is 4.92 Å². The Morgan fingerprint density at radius 1 is 1.19 bits per heavy atom. The molecule has 0 aliphatic heterocycles. The van der Waals surface area contributed by atoms with E-state index in [1.54, 1.807) is 30.3 Å². The van der Waals surface area contributed by atoms with Gasteiger partial charge in [-0.15, -0.1) is 0 Å². The second-order valence-electron chi connectivity index (χ2n) is 4.66. The maximum Gasteiger partial charge on any atom is 0.311 e. The van der Waals surface area contributed by atoms with E-state index in [-0.39, 0.29) is 11.4 Å². The molecule has 5 heteroatoms. The van der Waals surface area contributed by atoms with Gasteiger partial charge in [0.15, 0.2) is 0 Å². The zero-order valence-corrected chi connectivity index (χ0v) is 11.8. The number of nitro groups is 1. The Hall–Kier alpha value is -2.69. The third-order valence-electron chi connectivity index (χ3n) is 3.20. The first-order valence-corrected chi connectivity index (χ1v) is 6.56. The molecule has 0 N–H and O–H groups in total. The van der Waals surface area contributed by atoms with Crippen molar-refractivity contribution in [1.82, 2.24) is 0 Å². The standard InChI is InChI=1S/C16H15NO4/c1-3-12-6-7-15(14(8-12)17(19)20)21-16-9-13(10-18)5-4-11(16)2/h4-10H,3H2,1-2H3. The zero-order chi connectivity index (χ0) is 15.4. The number of aldehydes is 1. The molecule has 21 heavy (non-hydrogen) atoms. The van der Waals surface area contributed by atoms with Gasteiger partial charge in [0.2, 0.25) is 5.75 Å². The number of benzene rings is 2. The van der Waals surface area contributed by atoms with Crippen molar-refractivity contribution < 1.29 is 14.5 Å². The first-order valence-electron chi connectivity index (χ1n) is 6.56. The van der Waals surface area contributed by atoms with Crippen LogP contribution in [0, 0.1) is 17.0 Å². The van der Waals surface area contributed by atoms with Gasteiger partial charge in [-0.25, -0.2) is 0 Å². The topological polar surface area (TPSA) is 69.4 Å². The van der Waals surface area contributed by atoms with Gasteiger partial charge in [-0.1, -0.05) is 25.1 Å². The molecule has 0 fully saturated rings. The molecule has 5 nitrogen and oxygen atoms in total. The molecule has 0 heterocycles. The molecule has 0 aromatic heterocycles. The number of carbonyl (C=O) groups excluding carboxylic acids is 1. The molecule has 0 spiro atoms. The maximum atomic E-state index is 11.2. The number of ether oxygens (including phenoxy) is 1. The summed E-state index contributed by atoms with van der Waals surface area (Å²) in [6.45, 7) is 3.74. The third-order valence-corrected chi connectivity index (χ3v) is 3.20. The van der Waals surface area contributed by atoms with Crippen molar-refractivity contribution in [2.24, 2.45) is 0 Å². The van der Waals surface area contributed by atoms with Crippen LogP contribution in [0.15, 0.2) is 36.4 Å². The highest BCUT2D eigenvalue weighted by atomic mass is 16.6. The second kappa shape index (κ2) is 6.17. The molecule has 2 aromatic rings. The minimum atomic E-state index is -0.465. The fraction of sp³-hybridized carbons (Fsp3) is 0.188. The molecule has 2 rings (SSSR count). The Kier molecular flexibility index (Phi) is 4.33. The second-order valence-corrected chi connectivity index (χ2v) is 4.66. The van der Waals surface area contributed by atoms with Crippen molar-refractivity contribution in [3.63, 3.8) is 0 Å². The largest absolute Gasteiger partial charge is 0.450 e. The van der Waals surface area contributed by atoms with E-state index in [1.807, 2.05) is 13.8 Å². The van der Waals surface area contributed by atoms with Crippen LogP contribution in [0.5, 0.6) is 11.5 Å². The molecule has 0 saturated heterocycles. The summed E-state index contributed by atoms with van der Waals surface area (Å²) in [6.07, 6.45) is 1.42. The molecule has 0 aliphatic carbocycles. The molecule has 0 radical (unpaired) electrons. The quantitative estimate of drug-likeness (QED) is 0.471. The number of nitrogens with zero attached hydrogens (tertiary/aromatic N) is 1. The summed E-state index contributed by atoms with van der Waals surface area (Å²) in [7, 11) is 0. The van der Waals surface area contributed by atoms with Gasteiger partial charge in [-0.2, -0.15) is 0 Å². The average molecular weight is 285 g/mol. The van der Waals surface area contributed by atoms with E-state index in [4.69, 9.17) is 4.74 Å². The lowest BCUT2D eigenvalue weighted by Crippen LogP contribution is -1.96. The Morgan fingerprint density at radius 3 is 2.57 bits per heavy atom. The minimum absolute atomic E-state index is 0.0785. The van der Waals surface area contributed by atoms with Gasteiger partial charge in [0.25, 0.3) is 0 Å². The van der Waals surface area contributed by atoms with Crippen LogP contribution in [-0.2, 0) is 6.42 Å². The molecular formula is C16H15NO4. The molecule has 0 aliphatic rings. The molecular weight excluding hydrogens is 270 g/mol. The van der Waals surface area contributed by atoms with Gasteiger partial charge >= 0.3 is 5.69 Å². The van der Waals surface area contributed by atoms with Gasteiger partial charge in [-0.3, -0.25) is 14.9 Å². The predicted octanol–water partition coefficient (Wildman–Crippen LogP) is 4.07.